The van der Waals surface area contributed by atoms with Crippen LogP contribution < -0.4 is 0 Å². The van der Waals surface area contributed by atoms with Crippen LogP contribution in [0.4, 0.5) is 0 Å². The first-order valence-corrected chi connectivity index (χ1v) is 4.99. The largest absolute Gasteiger partial charge is 0.393 e. The first-order valence-electron chi connectivity index (χ1n) is 4.99. The van der Waals surface area contributed by atoms with Gasteiger partial charge in [-0.15, -0.1) is 0 Å². The summed E-state index contributed by atoms with van der Waals surface area (Å²) in [6.07, 6.45) is 6.46. The fourth-order valence-corrected chi connectivity index (χ4v) is 2.08. The Bertz CT molecular complexity index is 140. The molecule has 0 aromatic rings. The average Bonchev–Trinajstić information content (AvgIpc) is 2.82. The summed E-state index contributed by atoms with van der Waals surface area (Å²) < 4.78 is 0. The molecule has 0 radical (unpaired) electrons. The van der Waals surface area contributed by atoms with Gasteiger partial charge in [0.05, 0.1) is 6.10 Å². The predicted molar refractivity (Wildman–Crippen MR) is 45.2 cm³/mol. The molecule has 1 heteroatoms. The highest BCUT2D eigenvalue weighted by Gasteiger charge is 2.42. The van der Waals surface area contributed by atoms with Crippen LogP contribution in [0.15, 0.2) is 0 Å². The van der Waals surface area contributed by atoms with Crippen LogP contribution in [0.2, 0.25) is 0 Å². The van der Waals surface area contributed by atoms with Crippen LogP contribution in [0.25, 0.3) is 0 Å². The SMILES string of the molecule is CC[C@@H]1C[C@H]1C(O)CC1CC1. The Morgan fingerprint density at radius 2 is 2.18 bits per heavy atom. The minimum Gasteiger partial charge on any atom is -0.393 e. The molecule has 11 heavy (non-hydrogen) atoms. The van der Waals surface area contributed by atoms with Crippen LogP contribution in [0.3, 0.4) is 0 Å². The van der Waals surface area contributed by atoms with Crippen LogP contribution in [-0.2, 0) is 0 Å². The van der Waals surface area contributed by atoms with Crippen LogP contribution in [0, 0.1) is 17.8 Å². The zero-order valence-electron chi connectivity index (χ0n) is 7.29. The smallest absolute Gasteiger partial charge is 0.0573 e. The van der Waals surface area contributed by atoms with E-state index >= 15 is 0 Å². The highest BCUT2D eigenvalue weighted by Crippen LogP contribution is 2.47. The molecule has 2 fully saturated rings. The van der Waals surface area contributed by atoms with E-state index in [1.54, 1.807) is 0 Å². The lowest BCUT2D eigenvalue weighted by Crippen LogP contribution is -2.11. The van der Waals surface area contributed by atoms with Gasteiger partial charge >= 0.3 is 0 Å². The van der Waals surface area contributed by atoms with Crippen molar-refractivity contribution in [2.24, 2.45) is 17.8 Å². The third kappa shape index (κ3) is 1.76. The van der Waals surface area contributed by atoms with Crippen molar-refractivity contribution >= 4 is 0 Å². The van der Waals surface area contributed by atoms with Crippen molar-refractivity contribution in [1.29, 1.82) is 0 Å². The molecule has 0 heterocycles. The van der Waals surface area contributed by atoms with E-state index in [2.05, 4.69) is 6.92 Å². The first kappa shape index (κ1) is 7.60. The summed E-state index contributed by atoms with van der Waals surface area (Å²) in [5.74, 6) is 2.44. The molecule has 0 amide bonds. The highest BCUT2D eigenvalue weighted by atomic mass is 16.3. The van der Waals surface area contributed by atoms with E-state index in [0.717, 1.165) is 18.3 Å². The Morgan fingerprint density at radius 3 is 2.64 bits per heavy atom. The van der Waals surface area contributed by atoms with Crippen molar-refractivity contribution in [3.8, 4) is 0 Å². The summed E-state index contributed by atoms with van der Waals surface area (Å²) in [6.45, 7) is 2.23. The molecule has 0 aromatic carbocycles. The molecule has 64 valence electrons. The van der Waals surface area contributed by atoms with Gasteiger partial charge < -0.3 is 5.11 Å². The van der Waals surface area contributed by atoms with Crippen LogP contribution >= 0.6 is 0 Å². The quantitative estimate of drug-likeness (QED) is 0.658. The monoisotopic (exact) mass is 154 g/mol. The molecular weight excluding hydrogens is 136 g/mol. The van der Waals surface area contributed by atoms with Gasteiger partial charge in [0.1, 0.15) is 0 Å². The molecule has 1 N–H and O–H groups in total. The summed E-state index contributed by atoms with van der Waals surface area (Å²) in [6, 6.07) is 0. The van der Waals surface area contributed by atoms with E-state index in [4.69, 9.17) is 0 Å². The Labute approximate surface area is 68.8 Å². The minimum absolute atomic E-state index is 0.0486. The molecule has 2 saturated carbocycles. The van der Waals surface area contributed by atoms with Crippen molar-refractivity contribution in [2.75, 3.05) is 0 Å². The second-order valence-corrected chi connectivity index (χ2v) is 4.31. The van der Waals surface area contributed by atoms with Gasteiger partial charge in [-0.2, -0.15) is 0 Å². The summed E-state index contributed by atoms with van der Waals surface area (Å²) in [5.41, 5.74) is 0. The molecule has 2 rings (SSSR count). The molecule has 0 saturated heterocycles. The lowest BCUT2D eigenvalue weighted by molar-refractivity contribution is 0.128. The average molecular weight is 154 g/mol. The maximum Gasteiger partial charge on any atom is 0.0573 e. The van der Waals surface area contributed by atoms with Gasteiger partial charge in [-0.05, 0) is 30.6 Å². The van der Waals surface area contributed by atoms with Crippen molar-refractivity contribution < 1.29 is 5.11 Å². The van der Waals surface area contributed by atoms with Crippen molar-refractivity contribution in [3.63, 3.8) is 0 Å². The van der Waals surface area contributed by atoms with E-state index < -0.39 is 0 Å². The fourth-order valence-electron chi connectivity index (χ4n) is 2.08. The third-order valence-corrected chi connectivity index (χ3v) is 3.27. The topological polar surface area (TPSA) is 20.2 Å². The van der Waals surface area contributed by atoms with Crippen LogP contribution in [0.5, 0.6) is 0 Å². The van der Waals surface area contributed by atoms with Crippen molar-refractivity contribution in [1.82, 2.24) is 0 Å². The van der Waals surface area contributed by atoms with Crippen LogP contribution in [-0.4, -0.2) is 11.2 Å². The second kappa shape index (κ2) is 2.78. The Hall–Kier alpha value is -0.0400. The van der Waals surface area contributed by atoms with Gasteiger partial charge in [0, 0.05) is 0 Å². The predicted octanol–water partition coefficient (Wildman–Crippen LogP) is 2.19. The Morgan fingerprint density at radius 1 is 1.45 bits per heavy atom. The minimum atomic E-state index is 0.0486. The maximum absolute atomic E-state index is 9.70. The van der Waals surface area contributed by atoms with Crippen LogP contribution in [0.1, 0.15) is 39.0 Å². The highest BCUT2D eigenvalue weighted by molar-refractivity contribution is 4.92. The zero-order valence-corrected chi connectivity index (χ0v) is 7.29. The second-order valence-electron chi connectivity index (χ2n) is 4.31. The summed E-state index contributed by atoms with van der Waals surface area (Å²) in [7, 11) is 0. The molecule has 0 spiro atoms. The van der Waals surface area contributed by atoms with E-state index in [1.165, 1.54) is 25.7 Å². The number of hydrogen-bond donors (Lipinski definition) is 1. The lowest BCUT2D eigenvalue weighted by Gasteiger charge is -2.07. The number of aliphatic hydroxyl groups excluding tert-OH is 1. The molecule has 0 bridgehead atoms. The van der Waals surface area contributed by atoms with Gasteiger partial charge in [-0.1, -0.05) is 26.2 Å². The standard InChI is InChI=1S/C10H18O/c1-2-8-6-9(8)10(11)5-7-3-4-7/h7-11H,2-6H2,1H3/t8-,9-,10?/m1/s1. The zero-order chi connectivity index (χ0) is 7.84. The molecule has 3 atom stereocenters. The van der Waals surface area contributed by atoms with E-state index in [1.807, 2.05) is 0 Å². The molecular formula is C10H18O. The number of hydrogen-bond acceptors (Lipinski definition) is 1. The van der Waals surface area contributed by atoms with Crippen molar-refractivity contribution in [2.45, 2.75) is 45.1 Å². The summed E-state index contributed by atoms with van der Waals surface area (Å²) >= 11 is 0. The third-order valence-electron chi connectivity index (χ3n) is 3.27. The Kier molecular flexibility index (Phi) is 1.92. The first-order chi connectivity index (χ1) is 5.31. The summed E-state index contributed by atoms with van der Waals surface area (Å²) in [4.78, 5) is 0. The maximum atomic E-state index is 9.70. The van der Waals surface area contributed by atoms with Gasteiger partial charge in [0.15, 0.2) is 0 Å². The molecule has 1 unspecified atom stereocenters. The van der Waals surface area contributed by atoms with Gasteiger partial charge in [-0.3, -0.25) is 0 Å². The van der Waals surface area contributed by atoms with Gasteiger partial charge in [0.25, 0.3) is 0 Å². The van der Waals surface area contributed by atoms with E-state index in [0.29, 0.717) is 5.92 Å². The number of aliphatic hydroxyl groups is 1. The lowest BCUT2D eigenvalue weighted by atomic mass is 10.1. The van der Waals surface area contributed by atoms with E-state index in [-0.39, 0.29) is 6.10 Å². The van der Waals surface area contributed by atoms with Gasteiger partial charge in [-0.25, -0.2) is 0 Å². The molecule has 0 aliphatic heterocycles. The fraction of sp³-hybridized carbons (Fsp3) is 1.00. The Balaban J connectivity index is 1.68. The van der Waals surface area contributed by atoms with E-state index in [9.17, 15) is 5.11 Å². The van der Waals surface area contributed by atoms with Gasteiger partial charge in [0.2, 0.25) is 0 Å². The number of rotatable bonds is 4. The molecule has 2 aliphatic rings. The summed E-state index contributed by atoms with van der Waals surface area (Å²) in [5, 5.41) is 9.70. The molecule has 2 aliphatic carbocycles. The molecule has 1 nitrogen and oxygen atoms in total. The molecule has 0 aromatic heterocycles. The van der Waals surface area contributed by atoms with Crippen molar-refractivity contribution in [3.05, 3.63) is 0 Å². The normalized spacial score (nSPS) is 38.7.